The molecule has 0 aliphatic rings. The fourth-order valence-corrected chi connectivity index (χ4v) is 2.56. The van der Waals surface area contributed by atoms with Gasteiger partial charge in [-0.2, -0.15) is 5.10 Å². The molecule has 2 aromatic rings. The molecule has 0 fully saturated rings. The van der Waals surface area contributed by atoms with Crippen molar-refractivity contribution < 1.29 is 19.4 Å². The molecule has 1 aromatic carbocycles. The van der Waals surface area contributed by atoms with E-state index in [2.05, 4.69) is 11.7 Å². The maximum atomic E-state index is 11.3. The van der Waals surface area contributed by atoms with Crippen LogP contribution in [0.1, 0.15) is 25.1 Å². The molecule has 0 amide bonds. The first-order valence-corrected chi connectivity index (χ1v) is 8.07. The van der Waals surface area contributed by atoms with Crippen LogP contribution in [0.4, 0.5) is 0 Å². The molecule has 1 heterocycles. The second kappa shape index (κ2) is 6.98. The lowest BCUT2D eigenvalue weighted by Crippen LogP contribution is -2.37. The van der Waals surface area contributed by atoms with E-state index in [1.165, 1.54) is 26.0 Å². The van der Waals surface area contributed by atoms with E-state index in [0.29, 0.717) is 5.88 Å². The third-order valence-corrected chi connectivity index (χ3v) is 4.08. The van der Waals surface area contributed by atoms with E-state index in [1.807, 2.05) is 6.92 Å². The number of rotatable bonds is 6. The van der Waals surface area contributed by atoms with Crippen molar-refractivity contribution in [3.63, 3.8) is 0 Å². The average Bonchev–Trinajstić information content (AvgIpc) is 2.77. The van der Waals surface area contributed by atoms with Gasteiger partial charge in [0.2, 0.25) is 5.88 Å². The number of nitrogens with zero attached hydrogens (tertiary/aromatic N) is 2. The molecule has 0 unspecified atom stereocenters. The fraction of sp³-hybridized carbons (Fsp3) is 0.294. The van der Waals surface area contributed by atoms with Gasteiger partial charge < -0.3 is 14.6 Å². The Labute approximate surface area is 155 Å². The van der Waals surface area contributed by atoms with Crippen molar-refractivity contribution in [1.29, 1.82) is 0 Å². The van der Waals surface area contributed by atoms with Gasteiger partial charge in [0, 0.05) is 13.1 Å². The second-order valence-electron chi connectivity index (χ2n) is 5.86. The first-order valence-electron chi connectivity index (χ1n) is 7.32. The summed E-state index contributed by atoms with van der Waals surface area (Å²) >= 11 is 12.3. The number of halogens is 2. The summed E-state index contributed by atoms with van der Waals surface area (Å²) in [6.45, 7) is 8.42. The van der Waals surface area contributed by atoms with Crippen molar-refractivity contribution in [2.75, 3.05) is 0 Å². The highest BCUT2D eigenvalue weighted by molar-refractivity contribution is 6.36. The number of carbonyl (C=O) groups is 1. The van der Waals surface area contributed by atoms with Gasteiger partial charge in [-0.3, -0.25) is 0 Å². The minimum absolute atomic E-state index is 0.146. The summed E-state index contributed by atoms with van der Waals surface area (Å²) < 4.78 is 12.9. The van der Waals surface area contributed by atoms with Crippen LogP contribution in [0.5, 0.6) is 17.4 Å². The molecule has 0 atom stereocenters. The standard InChI is InChI=1S/C17H18Cl2N2O4/c1-6-10-9(2)20-21(5)15(10)24-13-8-14(12(19)7-11(13)18)25-17(3,4)16(22)23/h6-8H,1H2,2-5H3,(H,22,23). The molecule has 25 heavy (non-hydrogen) atoms. The van der Waals surface area contributed by atoms with E-state index < -0.39 is 11.6 Å². The molecule has 0 radical (unpaired) electrons. The minimum atomic E-state index is -1.47. The zero-order valence-electron chi connectivity index (χ0n) is 14.3. The van der Waals surface area contributed by atoms with E-state index >= 15 is 0 Å². The number of benzene rings is 1. The monoisotopic (exact) mass is 384 g/mol. The minimum Gasteiger partial charge on any atom is -0.478 e. The zero-order chi connectivity index (χ0) is 18.9. The summed E-state index contributed by atoms with van der Waals surface area (Å²) in [6, 6.07) is 2.88. The third-order valence-electron chi connectivity index (χ3n) is 3.49. The van der Waals surface area contributed by atoms with E-state index in [4.69, 9.17) is 32.7 Å². The SMILES string of the molecule is C=Cc1c(C)nn(C)c1Oc1cc(OC(C)(C)C(=O)O)c(Cl)cc1Cl. The number of ether oxygens (including phenoxy) is 2. The first kappa shape index (κ1) is 19.1. The number of hydrogen-bond acceptors (Lipinski definition) is 4. The van der Waals surface area contributed by atoms with Crippen LogP contribution in [0.2, 0.25) is 10.0 Å². The largest absolute Gasteiger partial charge is 0.478 e. The highest BCUT2D eigenvalue weighted by atomic mass is 35.5. The summed E-state index contributed by atoms with van der Waals surface area (Å²) in [7, 11) is 1.73. The Morgan fingerprint density at radius 1 is 1.32 bits per heavy atom. The molecule has 0 spiro atoms. The normalized spacial score (nSPS) is 11.3. The zero-order valence-corrected chi connectivity index (χ0v) is 15.8. The topological polar surface area (TPSA) is 73.6 Å². The van der Waals surface area contributed by atoms with E-state index in [0.717, 1.165) is 11.3 Å². The third kappa shape index (κ3) is 3.91. The van der Waals surface area contributed by atoms with Crippen molar-refractivity contribution >= 4 is 35.2 Å². The molecule has 0 bridgehead atoms. The Kier molecular flexibility index (Phi) is 5.34. The lowest BCUT2D eigenvalue weighted by Gasteiger charge is -2.23. The van der Waals surface area contributed by atoms with Gasteiger partial charge in [0.15, 0.2) is 11.4 Å². The highest BCUT2D eigenvalue weighted by Gasteiger charge is 2.30. The van der Waals surface area contributed by atoms with Crippen LogP contribution < -0.4 is 9.47 Å². The lowest BCUT2D eigenvalue weighted by atomic mass is 10.1. The van der Waals surface area contributed by atoms with Crippen LogP contribution in [0.3, 0.4) is 0 Å². The molecule has 1 aromatic heterocycles. The smallest absolute Gasteiger partial charge is 0.347 e. The predicted octanol–water partition coefficient (Wildman–Crippen LogP) is 4.71. The van der Waals surface area contributed by atoms with Gasteiger partial charge in [0.05, 0.1) is 21.3 Å². The molecule has 0 saturated carbocycles. The summed E-state index contributed by atoms with van der Waals surface area (Å²) in [6.07, 6.45) is 1.63. The Hall–Kier alpha value is -2.18. The molecule has 8 heteroatoms. The van der Waals surface area contributed by atoms with Crippen LogP contribution in [0.25, 0.3) is 6.08 Å². The maximum absolute atomic E-state index is 11.3. The molecule has 134 valence electrons. The number of hydrogen-bond donors (Lipinski definition) is 1. The van der Waals surface area contributed by atoms with Crippen molar-refractivity contribution in [2.45, 2.75) is 26.4 Å². The molecule has 2 rings (SSSR count). The summed E-state index contributed by atoms with van der Waals surface area (Å²) in [5, 5.41) is 13.9. The lowest BCUT2D eigenvalue weighted by molar-refractivity contribution is -0.152. The van der Waals surface area contributed by atoms with Gasteiger partial charge in [0.1, 0.15) is 5.75 Å². The molecular weight excluding hydrogens is 367 g/mol. The van der Waals surface area contributed by atoms with Crippen LogP contribution >= 0.6 is 23.2 Å². The van der Waals surface area contributed by atoms with Gasteiger partial charge in [-0.25, -0.2) is 9.48 Å². The average molecular weight is 385 g/mol. The van der Waals surface area contributed by atoms with Gasteiger partial charge in [-0.1, -0.05) is 35.9 Å². The number of aromatic nitrogens is 2. The molecule has 0 aliphatic heterocycles. The summed E-state index contributed by atoms with van der Waals surface area (Å²) in [5.74, 6) is -0.279. The van der Waals surface area contributed by atoms with Gasteiger partial charge in [0.25, 0.3) is 0 Å². The predicted molar refractivity (Wildman–Crippen MR) is 96.9 cm³/mol. The summed E-state index contributed by atoms with van der Waals surface area (Å²) in [5.41, 5.74) is 0.00681. The number of aryl methyl sites for hydroxylation is 2. The van der Waals surface area contributed by atoms with E-state index in [9.17, 15) is 9.90 Å². The van der Waals surface area contributed by atoms with Crippen molar-refractivity contribution in [2.24, 2.45) is 7.05 Å². The number of carboxylic acid groups (broad SMARTS) is 1. The Morgan fingerprint density at radius 2 is 1.92 bits per heavy atom. The number of aliphatic carboxylic acids is 1. The number of carboxylic acids is 1. The van der Waals surface area contributed by atoms with E-state index in [1.54, 1.807) is 17.8 Å². The Balaban J connectivity index is 2.45. The van der Waals surface area contributed by atoms with Gasteiger partial charge in [-0.05, 0) is 26.8 Å². The molecular formula is C17H18Cl2N2O4. The van der Waals surface area contributed by atoms with Crippen LogP contribution in [-0.2, 0) is 11.8 Å². The Morgan fingerprint density at radius 3 is 2.48 bits per heavy atom. The molecule has 0 saturated heterocycles. The highest BCUT2D eigenvalue weighted by Crippen LogP contribution is 2.40. The molecule has 6 nitrogen and oxygen atoms in total. The van der Waals surface area contributed by atoms with Crippen LogP contribution in [0.15, 0.2) is 18.7 Å². The van der Waals surface area contributed by atoms with Gasteiger partial charge >= 0.3 is 5.97 Å². The maximum Gasteiger partial charge on any atom is 0.347 e. The summed E-state index contributed by atoms with van der Waals surface area (Å²) in [4.78, 5) is 11.3. The van der Waals surface area contributed by atoms with E-state index in [-0.39, 0.29) is 21.5 Å². The molecule has 0 aliphatic carbocycles. The quantitative estimate of drug-likeness (QED) is 0.780. The van der Waals surface area contributed by atoms with Crippen LogP contribution in [0, 0.1) is 6.92 Å². The second-order valence-corrected chi connectivity index (χ2v) is 6.68. The first-order chi connectivity index (χ1) is 11.6. The fourth-order valence-electron chi connectivity index (χ4n) is 2.10. The van der Waals surface area contributed by atoms with Crippen LogP contribution in [-0.4, -0.2) is 26.5 Å². The Bertz CT molecular complexity index is 844. The van der Waals surface area contributed by atoms with Crippen molar-refractivity contribution in [1.82, 2.24) is 9.78 Å². The van der Waals surface area contributed by atoms with Crippen molar-refractivity contribution in [3.8, 4) is 17.4 Å². The van der Waals surface area contributed by atoms with Crippen molar-refractivity contribution in [3.05, 3.63) is 40.0 Å². The molecule has 1 N–H and O–H groups in total. The van der Waals surface area contributed by atoms with Gasteiger partial charge in [-0.15, -0.1) is 0 Å².